The average Bonchev–Trinajstić information content (AvgIpc) is 2.79. The number of ether oxygens (including phenoxy) is 4. The molecule has 1 amide bonds. The molecule has 1 heterocycles. The Morgan fingerprint density at radius 3 is 2.03 bits per heavy atom. The van der Waals surface area contributed by atoms with E-state index in [1.807, 2.05) is 0 Å². The van der Waals surface area contributed by atoms with Crippen LogP contribution in [-0.2, 0) is 4.74 Å². The van der Waals surface area contributed by atoms with E-state index >= 15 is 0 Å². The fourth-order valence-corrected chi connectivity index (χ4v) is 3.03. The largest absolute Gasteiger partial charge is 0.493 e. The van der Waals surface area contributed by atoms with Gasteiger partial charge in [0.25, 0.3) is 11.5 Å². The number of benzene rings is 2. The second kappa shape index (κ2) is 8.56. The quantitative estimate of drug-likeness (QED) is 0.619. The Bertz CT molecular complexity index is 1160. The highest BCUT2D eigenvalue weighted by Crippen LogP contribution is 2.38. The van der Waals surface area contributed by atoms with Crippen molar-refractivity contribution in [3.8, 4) is 17.2 Å². The molecule has 1 aromatic heterocycles. The van der Waals surface area contributed by atoms with Crippen molar-refractivity contribution in [2.75, 3.05) is 33.9 Å². The first-order chi connectivity index (χ1) is 14.4. The number of rotatable bonds is 6. The maximum Gasteiger partial charge on any atom is 0.340 e. The highest BCUT2D eigenvalue weighted by molar-refractivity contribution is 6.05. The second-order valence-corrected chi connectivity index (χ2v) is 6.11. The van der Waals surface area contributed by atoms with Gasteiger partial charge in [-0.2, -0.15) is 0 Å². The van der Waals surface area contributed by atoms with Crippen LogP contribution in [0.15, 0.2) is 47.4 Å². The van der Waals surface area contributed by atoms with Gasteiger partial charge in [0.1, 0.15) is 0 Å². The first-order valence-electron chi connectivity index (χ1n) is 8.79. The molecule has 0 saturated heterocycles. The lowest BCUT2D eigenvalue weighted by atomic mass is 10.1. The average molecular weight is 412 g/mol. The number of hydrogen-bond donors (Lipinski definition) is 1. The molecule has 0 bridgehead atoms. The molecule has 0 aliphatic rings. The van der Waals surface area contributed by atoms with Gasteiger partial charge < -0.3 is 18.9 Å². The van der Waals surface area contributed by atoms with Crippen LogP contribution in [-0.4, -0.2) is 45.0 Å². The van der Waals surface area contributed by atoms with Gasteiger partial charge in [-0.15, -0.1) is 0 Å². The molecule has 0 radical (unpaired) electrons. The lowest BCUT2D eigenvalue weighted by Crippen LogP contribution is -2.33. The number of nitrogens with zero attached hydrogens (tertiary/aromatic N) is 1. The molecule has 0 aliphatic carbocycles. The van der Waals surface area contributed by atoms with Crippen LogP contribution in [0.3, 0.4) is 0 Å². The molecule has 156 valence electrons. The molecule has 9 heteroatoms. The molecule has 9 nitrogen and oxygen atoms in total. The van der Waals surface area contributed by atoms with E-state index in [1.54, 1.807) is 24.3 Å². The third kappa shape index (κ3) is 3.64. The minimum atomic E-state index is -0.637. The second-order valence-electron chi connectivity index (χ2n) is 6.11. The van der Waals surface area contributed by atoms with Gasteiger partial charge in [0.2, 0.25) is 5.75 Å². The smallest absolute Gasteiger partial charge is 0.340 e. The van der Waals surface area contributed by atoms with Crippen molar-refractivity contribution in [2.45, 2.75) is 0 Å². The number of methoxy groups -OCH3 is 4. The number of esters is 1. The molecule has 0 spiro atoms. The number of amides is 1. The SMILES string of the molecule is COC(=O)c1cn(NC(=O)c2cc(OC)c(OC)c(OC)c2)c(=O)c2ccccc12. The van der Waals surface area contributed by atoms with Crippen LogP contribution in [0.4, 0.5) is 0 Å². The Kier molecular flexibility index (Phi) is 5.91. The number of pyridine rings is 1. The number of nitrogens with one attached hydrogen (secondary N) is 1. The summed E-state index contributed by atoms with van der Waals surface area (Å²) in [5, 5.41) is 0.679. The molecule has 0 atom stereocenters. The summed E-state index contributed by atoms with van der Waals surface area (Å²) in [7, 11) is 5.54. The monoisotopic (exact) mass is 412 g/mol. The fourth-order valence-electron chi connectivity index (χ4n) is 3.03. The number of aromatic nitrogens is 1. The molecular weight excluding hydrogens is 392 g/mol. The van der Waals surface area contributed by atoms with E-state index in [0.717, 1.165) is 4.68 Å². The van der Waals surface area contributed by atoms with Crippen molar-refractivity contribution in [1.82, 2.24) is 4.68 Å². The molecule has 0 saturated carbocycles. The zero-order chi connectivity index (χ0) is 21.8. The Balaban J connectivity index is 2.09. The highest BCUT2D eigenvalue weighted by atomic mass is 16.5. The van der Waals surface area contributed by atoms with Crippen LogP contribution in [0.2, 0.25) is 0 Å². The summed E-state index contributed by atoms with van der Waals surface area (Å²) >= 11 is 0. The summed E-state index contributed by atoms with van der Waals surface area (Å²) < 4.78 is 21.5. The molecule has 3 rings (SSSR count). The molecule has 1 N–H and O–H groups in total. The van der Waals surface area contributed by atoms with Crippen molar-refractivity contribution >= 4 is 22.6 Å². The predicted octanol–water partition coefficient (Wildman–Crippen LogP) is 2.20. The summed E-state index contributed by atoms with van der Waals surface area (Å²) in [6.45, 7) is 0. The maximum atomic E-state index is 12.9. The van der Waals surface area contributed by atoms with Crippen LogP contribution in [0.1, 0.15) is 20.7 Å². The van der Waals surface area contributed by atoms with Crippen LogP contribution in [0, 0.1) is 0 Å². The van der Waals surface area contributed by atoms with Crippen molar-refractivity contribution in [3.63, 3.8) is 0 Å². The van der Waals surface area contributed by atoms with Gasteiger partial charge in [0.15, 0.2) is 11.5 Å². The molecule has 0 aliphatic heterocycles. The first kappa shape index (κ1) is 20.7. The predicted molar refractivity (Wildman–Crippen MR) is 109 cm³/mol. The van der Waals surface area contributed by atoms with Gasteiger partial charge in [0.05, 0.1) is 34.0 Å². The number of carbonyl (C=O) groups is 2. The van der Waals surface area contributed by atoms with Crippen molar-refractivity contribution < 1.29 is 28.5 Å². The number of carbonyl (C=O) groups excluding carboxylic acids is 2. The van der Waals surface area contributed by atoms with Gasteiger partial charge in [0, 0.05) is 22.5 Å². The Morgan fingerprint density at radius 1 is 0.900 bits per heavy atom. The third-order valence-corrected chi connectivity index (χ3v) is 4.48. The first-order valence-corrected chi connectivity index (χ1v) is 8.79. The summed E-state index contributed by atoms with van der Waals surface area (Å²) in [4.78, 5) is 37.9. The summed E-state index contributed by atoms with van der Waals surface area (Å²) in [6, 6.07) is 9.46. The van der Waals surface area contributed by atoms with E-state index in [0.29, 0.717) is 11.1 Å². The van der Waals surface area contributed by atoms with Gasteiger partial charge in [-0.1, -0.05) is 18.2 Å². The zero-order valence-corrected chi connectivity index (χ0v) is 16.8. The van der Waals surface area contributed by atoms with Crippen molar-refractivity contribution in [3.05, 3.63) is 64.1 Å². The van der Waals surface area contributed by atoms with E-state index in [4.69, 9.17) is 18.9 Å². The van der Waals surface area contributed by atoms with Crippen molar-refractivity contribution in [1.29, 1.82) is 0 Å². The normalized spacial score (nSPS) is 10.4. The molecule has 30 heavy (non-hydrogen) atoms. The van der Waals surface area contributed by atoms with E-state index < -0.39 is 17.4 Å². The Morgan fingerprint density at radius 2 is 1.50 bits per heavy atom. The zero-order valence-electron chi connectivity index (χ0n) is 16.8. The minimum Gasteiger partial charge on any atom is -0.493 e. The molecular formula is C21H20N2O7. The van der Waals surface area contributed by atoms with Crippen LogP contribution >= 0.6 is 0 Å². The minimum absolute atomic E-state index is 0.137. The van der Waals surface area contributed by atoms with Gasteiger partial charge in [-0.3, -0.25) is 15.0 Å². The number of fused-ring (bicyclic) bond motifs is 1. The lowest BCUT2D eigenvalue weighted by Gasteiger charge is -2.15. The lowest BCUT2D eigenvalue weighted by molar-refractivity contribution is 0.0601. The van der Waals surface area contributed by atoms with E-state index in [-0.39, 0.29) is 28.0 Å². The van der Waals surface area contributed by atoms with Gasteiger partial charge in [-0.05, 0) is 18.2 Å². The van der Waals surface area contributed by atoms with E-state index in [9.17, 15) is 14.4 Å². The Hall–Kier alpha value is -4.01. The number of hydrogen-bond acceptors (Lipinski definition) is 7. The third-order valence-electron chi connectivity index (χ3n) is 4.48. The van der Waals surface area contributed by atoms with E-state index in [2.05, 4.69) is 5.43 Å². The Labute approximate surface area is 171 Å². The van der Waals surface area contributed by atoms with Gasteiger partial charge in [-0.25, -0.2) is 9.47 Å². The molecule has 2 aromatic carbocycles. The standard InChI is InChI=1S/C21H20N2O7/c1-27-16-9-12(10-17(28-2)18(16)29-3)19(24)22-23-11-15(21(26)30-4)13-7-5-6-8-14(13)20(23)25/h5-11H,1-4H3,(H,22,24). The van der Waals surface area contributed by atoms with Crippen molar-refractivity contribution in [2.24, 2.45) is 0 Å². The summed E-state index contributed by atoms with van der Waals surface area (Å²) in [6.07, 6.45) is 1.23. The van der Waals surface area contributed by atoms with E-state index in [1.165, 1.54) is 46.8 Å². The summed E-state index contributed by atoms with van der Waals surface area (Å²) in [5.74, 6) is -0.372. The topological polar surface area (TPSA) is 105 Å². The molecule has 0 unspecified atom stereocenters. The fraction of sp³-hybridized carbons (Fsp3) is 0.190. The molecule has 3 aromatic rings. The maximum absolute atomic E-state index is 12.9. The molecule has 0 fully saturated rings. The van der Waals surface area contributed by atoms with Crippen LogP contribution < -0.4 is 25.2 Å². The highest BCUT2D eigenvalue weighted by Gasteiger charge is 2.19. The summed E-state index contributed by atoms with van der Waals surface area (Å²) in [5.41, 5.74) is 2.28. The van der Waals surface area contributed by atoms with Crippen LogP contribution in [0.5, 0.6) is 17.2 Å². The van der Waals surface area contributed by atoms with Crippen LogP contribution in [0.25, 0.3) is 10.8 Å². The van der Waals surface area contributed by atoms with Gasteiger partial charge >= 0.3 is 5.97 Å².